The third kappa shape index (κ3) is 3.16. The number of halogens is 2. The number of nitrogens with two attached hydrogens (primary N) is 1. The van der Waals surface area contributed by atoms with Crippen LogP contribution in [0.3, 0.4) is 0 Å². The standard InChI is InChI=1S/C14H17ClN4O3S.ClH/c1-19(2)23(20,21)11-8-9(4-5-10(11)15)12-17-13(18-22-12)14(16)6-3-7-14;/h4-5,8H,3,6-7,16H2,1-2H3;1H. The van der Waals surface area contributed by atoms with E-state index in [1.165, 1.54) is 26.2 Å². The Morgan fingerprint density at radius 3 is 2.54 bits per heavy atom. The van der Waals surface area contributed by atoms with E-state index in [9.17, 15) is 8.42 Å². The van der Waals surface area contributed by atoms with Crippen LogP contribution in [0.4, 0.5) is 0 Å². The summed E-state index contributed by atoms with van der Waals surface area (Å²) in [7, 11) is -0.782. The molecule has 0 bridgehead atoms. The molecule has 0 spiro atoms. The second kappa shape index (κ2) is 6.61. The van der Waals surface area contributed by atoms with Crippen LogP contribution in [-0.4, -0.2) is 37.0 Å². The van der Waals surface area contributed by atoms with Crippen LogP contribution in [0.15, 0.2) is 27.6 Å². The van der Waals surface area contributed by atoms with Crippen molar-refractivity contribution in [2.45, 2.75) is 29.7 Å². The Kier molecular flexibility index (Phi) is 5.27. The summed E-state index contributed by atoms with van der Waals surface area (Å²) in [5.74, 6) is 0.675. The minimum absolute atomic E-state index is 0. The molecule has 0 saturated heterocycles. The lowest BCUT2D eigenvalue weighted by Crippen LogP contribution is -2.44. The van der Waals surface area contributed by atoms with Crippen LogP contribution in [0.5, 0.6) is 0 Å². The monoisotopic (exact) mass is 392 g/mol. The van der Waals surface area contributed by atoms with Gasteiger partial charge in [-0.25, -0.2) is 12.7 Å². The van der Waals surface area contributed by atoms with E-state index in [1.54, 1.807) is 6.07 Å². The van der Waals surface area contributed by atoms with Crippen molar-refractivity contribution in [2.75, 3.05) is 14.1 Å². The summed E-state index contributed by atoms with van der Waals surface area (Å²) in [5, 5.41) is 4.07. The normalized spacial score (nSPS) is 16.5. The second-order valence-corrected chi connectivity index (χ2v) is 8.39. The molecule has 1 saturated carbocycles. The molecule has 0 radical (unpaired) electrons. The second-order valence-electron chi connectivity index (χ2n) is 5.87. The van der Waals surface area contributed by atoms with Gasteiger partial charge >= 0.3 is 0 Å². The summed E-state index contributed by atoms with van der Waals surface area (Å²) in [6.45, 7) is 0. The fourth-order valence-corrected chi connectivity index (χ4v) is 3.75. The van der Waals surface area contributed by atoms with Crippen molar-refractivity contribution in [3.63, 3.8) is 0 Å². The first-order chi connectivity index (χ1) is 10.7. The van der Waals surface area contributed by atoms with Gasteiger partial charge in [-0.1, -0.05) is 16.8 Å². The Labute approximate surface area is 151 Å². The number of hydrogen-bond acceptors (Lipinski definition) is 6. The van der Waals surface area contributed by atoms with Gasteiger partial charge in [0, 0.05) is 19.7 Å². The van der Waals surface area contributed by atoms with Crippen molar-refractivity contribution in [1.82, 2.24) is 14.4 Å². The molecule has 132 valence electrons. The number of rotatable bonds is 4. The van der Waals surface area contributed by atoms with Gasteiger partial charge in [-0.05, 0) is 37.5 Å². The summed E-state index contributed by atoms with van der Waals surface area (Å²) >= 11 is 6.03. The zero-order valence-electron chi connectivity index (χ0n) is 13.2. The largest absolute Gasteiger partial charge is 0.334 e. The van der Waals surface area contributed by atoms with Gasteiger partial charge in [0.25, 0.3) is 5.89 Å². The molecule has 7 nitrogen and oxygen atoms in total. The summed E-state index contributed by atoms with van der Waals surface area (Å²) in [6.07, 6.45) is 2.66. The predicted octanol–water partition coefficient (Wildman–Crippen LogP) is 2.40. The molecule has 1 fully saturated rings. The van der Waals surface area contributed by atoms with Crippen molar-refractivity contribution >= 4 is 34.0 Å². The molecule has 2 aromatic rings. The maximum atomic E-state index is 12.3. The van der Waals surface area contributed by atoms with E-state index in [2.05, 4.69) is 10.1 Å². The predicted molar refractivity (Wildman–Crippen MR) is 92.6 cm³/mol. The van der Waals surface area contributed by atoms with Crippen molar-refractivity contribution in [1.29, 1.82) is 0 Å². The maximum Gasteiger partial charge on any atom is 0.258 e. The topological polar surface area (TPSA) is 102 Å². The van der Waals surface area contributed by atoms with Crippen LogP contribution < -0.4 is 5.73 Å². The molecule has 1 aromatic heterocycles. The fourth-order valence-electron chi connectivity index (χ4n) is 2.36. The van der Waals surface area contributed by atoms with Gasteiger partial charge in [0.2, 0.25) is 10.0 Å². The summed E-state index contributed by atoms with van der Waals surface area (Å²) < 4.78 is 31.0. The quantitative estimate of drug-likeness (QED) is 0.856. The highest BCUT2D eigenvalue weighted by atomic mass is 35.5. The van der Waals surface area contributed by atoms with E-state index in [0.717, 1.165) is 23.6 Å². The van der Waals surface area contributed by atoms with E-state index in [1.807, 2.05) is 0 Å². The molecule has 24 heavy (non-hydrogen) atoms. The molecule has 0 atom stereocenters. The first kappa shape index (κ1) is 19.1. The lowest BCUT2D eigenvalue weighted by molar-refractivity contribution is 0.229. The summed E-state index contributed by atoms with van der Waals surface area (Å²) in [5.41, 5.74) is 6.12. The summed E-state index contributed by atoms with van der Waals surface area (Å²) in [4.78, 5) is 4.31. The molecule has 1 aromatic carbocycles. The van der Waals surface area contributed by atoms with Gasteiger partial charge < -0.3 is 10.3 Å². The number of nitrogens with zero attached hydrogens (tertiary/aromatic N) is 3. The van der Waals surface area contributed by atoms with Crippen molar-refractivity contribution in [2.24, 2.45) is 5.73 Å². The van der Waals surface area contributed by atoms with E-state index in [-0.39, 0.29) is 28.2 Å². The highest BCUT2D eigenvalue weighted by molar-refractivity contribution is 7.89. The van der Waals surface area contributed by atoms with Gasteiger partial charge in [-0.2, -0.15) is 4.98 Å². The third-order valence-electron chi connectivity index (χ3n) is 4.05. The van der Waals surface area contributed by atoms with Gasteiger partial charge in [0.05, 0.1) is 10.6 Å². The van der Waals surface area contributed by atoms with E-state index in [4.69, 9.17) is 21.9 Å². The molecular formula is C14H18Cl2N4O3S. The Morgan fingerprint density at radius 1 is 1.33 bits per heavy atom. The first-order valence-corrected chi connectivity index (χ1v) is 8.91. The van der Waals surface area contributed by atoms with E-state index in [0.29, 0.717) is 11.4 Å². The minimum Gasteiger partial charge on any atom is -0.334 e. The Morgan fingerprint density at radius 2 is 2.00 bits per heavy atom. The zero-order chi connectivity index (χ0) is 16.8. The van der Waals surface area contributed by atoms with Crippen molar-refractivity contribution in [3.8, 4) is 11.5 Å². The van der Waals surface area contributed by atoms with Crippen molar-refractivity contribution in [3.05, 3.63) is 29.0 Å². The number of hydrogen-bond donors (Lipinski definition) is 1. The molecule has 3 rings (SSSR count). The molecule has 1 aliphatic rings. The lowest BCUT2D eigenvalue weighted by atomic mass is 9.77. The SMILES string of the molecule is CN(C)S(=O)(=O)c1cc(-c2nc(C3(N)CCC3)no2)ccc1Cl.Cl. The maximum absolute atomic E-state index is 12.3. The van der Waals surface area contributed by atoms with Crippen LogP contribution in [0.1, 0.15) is 25.1 Å². The highest BCUT2D eigenvalue weighted by Crippen LogP contribution is 2.38. The molecule has 10 heteroatoms. The van der Waals surface area contributed by atoms with Gasteiger partial charge in [0.15, 0.2) is 5.82 Å². The van der Waals surface area contributed by atoms with Crippen LogP contribution >= 0.6 is 24.0 Å². The fraction of sp³-hybridized carbons (Fsp3) is 0.429. The molecule has 0 amide bonds. The van der Waals surface area contributed by atoms with Crippen LogP contribution in [-0.2, 0) is 15.6 Å². The zero-order valence-corrected chi connectivity index (χ0v) is 15.6. The van der Waals surface area contributed by atoms with Crippen LogP contribution in [0.2, 0.25) is 5.02 Å². The van der Waals surface area contributed by atoms with E-state index < -0.39 is 15.6 Å². The Balaban J connectivity index is 0.00000208. The summed E-state index contributed by atoms with van der Waals surface area (Å²) in [6, 6.07) is 4.57. The van der Waals surface area contributed by atoms with Crippen LogP contribution in [0.25, 0.3) is 11.5 Å². The lowest BCUT2D eigenvalue weighted by Gasteiger charge is -2.34. The van der Waals surface area contributed by atoms with Gasteiger partial charge in [0.1, 0.15) is 4.90 Å². The van der Waals surface area contributed by atoms with Gasteiger partial charge in [-0.15, -0.1) is 12.4 Å². The average Bonchev–Trinajstić information content (AvgIpc) is 2.95. The highest BCUT2D eigenvalue weighted by Gasteiger charge is 2.39. The minimum atomic E-state index is -3.67. The van der Waals surface area contributed by atoms with Gasteiger partial charge in [-0.3, -0.25) is 0 Å². The molecule has 0 aliphatic heterocycles. The molecule has 1 heterocycles. The first-order valence-electron chi connectivity index (χ1n) is 7.09. The smallest absolute Gasteiger partial charge is 0.258 e. The molecule has 0 unspecified atom stereocenters. The number of sulfonamides is 1. The van der Waals surface area contributed by atoms with Crippen molar-refractivity contribution < 1.29 is 12.9 Å². The average molecular weight is 393 g/mol. The number of benzene rings is 1. The van der Waals surface area contributed by atoms with E-state index >= 15 is 0 Å². The third-order valence-corrected chi connectivity index (χ3v) is 6.35. The Hall–Kier alpha value is -1.19. The Bertz CT molecular complexity index is 847. The molecule has 2 N–H and O–H groups in total. The molecular weight excluding hydrogens is 375 g/mol. The van der Waals surface area contributed by atoms with Crippen LogP contribution in [0, 0.1) is 0 Å². The molecule has 1 aliphatic carbocycles. The number of aromatic nitrogens is 2.